The van der Waals surface area contributed by atoms with Gasteiger partial charge >= 0.3 is 40.5 Å². The van der Waals surface area contributed by atoms with Crippen LogP contribution >= 0.6 is 0 Å². The van der Waals surface area contributed by atoms with E-state index in [9.17, 15) is 0 Å². The summed E-state index contributed by atoms with van der Waals surface area (Å²) in [5.74, 6) is 0. The maximum absolute atomic E-state index is 8.36. The molecule has 0 atom stereocenters. The van der Waals surface area contributed by atoms with Gasteiger partial charge in [0.1, 0.15) is 0 Å². The molecule has 10 nitrogen and oxygen atoms in total. The number of hydrogen-bond acceptors (Lipinski definition) is 8. The molecule has 0 rings (SSSR count). The Morgan fingerprint density at radius 2 is 1.00 bits per heavy atom. The topological polar surface area (TPSA) is 185 Å². The molecule has 0 saturated heterocycles. The van der Waals surface area contributed by atoms with Crippen LogP contribution in [0.4, 0.5) is 0 Å². The Labute approximate surface area is 60.6 Å². The van der Waals surface area contributed by atoms with E-state index in [-0.39, 0.29) is 0 Å². The summed E-state index contributed by atoms with van der Waals surface area (Å²) in [4.78, 5) is 8.36. The molecule has 0 aliphatic carbocycles. The van der Waals surface area contributed by atoms with Gasteiger partial charge in [-0.25, -0.2) is 0 Å². The molecule has 0 saturated carbocycles. The van der Waals surface area contributed by atoms with Gasteiger partial charge in [-0.1, -0.05) is 0 Å². The third-order valence-corrected chi connectivity index (χ3v) is 0. The first-order valence-electron chi connectivity index (χ1n) is 1.51. The molecule has 0 aliphatic heterocycles. The van der Waals surface area contributed by atoms with Crippen LogP contribution in [0.2, 0.25) is 0 Å². The van der Waals surface area contributed by atoms with E-state index in [4.69, 9.17) is 24.6 Å². The van der Waals surface area contributed by atoms with Crippen molar-refractivity contribution < 1.29 is 50.8 Å². The second-order valence-electron chi connectivity index (χ2n) is 1.30. The van der Waals surface area contributed by atoms with E-state index in [2.05, 4.69) is 0 Å². The van der Waals surface area contributed by atoms with Gasteiger partial charge in [0.2, 0.25) is 0 Å². The maximum atomic E-state index is 8.36. The summed E-state index contributed by atoms with van der Waals surface area (Å²) in [6.07, 6.45) is 0. The van der Waals surface area contributed by atoms with Gasteiger partial charge in [-0.05, 0) is 0 Å². The number of hydrogen-bond donors (Lipinski definition) is 7. The van der Waals surface area contributed by atoms with Crippen LogP contribution in [0.1, 0.15) is 0 Å². The first-order valence-corrected chi connectivity index (χ1v) is 7.60. The summed E-state index contributed by atoms with van der Waals surface area (Å²) in [6.45, 7) is 0. The Hall–Kier alpha value is 0.285. The molecular weight excluding hydrogens is 315 g/mol. The van der Waals surface area contributed by atoms with E-state index in [1.54, 1.807) is 0 Å². The summed E-state index contributed by atoms with van der Waals surface area (Å²) in [7, 11) is 0. The Morgan fingerprint density at radius 1 is 1.00 bits per heavy atom. The molecular formula is H7GdNO9. The summed E-state index contributed by atoms with van der Waals surface area (Å²) in [6, 6.07) is 0. The van der Waals surface area contributed by atoms with Crippen molar-refractivity contribution in [2.45, 2.75) is 0 Å². The molecule has 0 heterocycles. The Morgan fingerprint density at radius 3 is 1.00 bits per heavy atom. The predicted octanol–water partition coefficient (Wildman–Crippen LogP) is -3.69. The third-order valence-electron chi connectivity index (χ3n) is 0. The quantitative estimate of drug-likeness (QED) is 0.174. The van der Waals surface area contributed by atoms with Crippen LogP contribution < -0.4 is 0 Å². The monoisotopic (exact) mass is 323 g/mol. The molecule has 0 aromatic heterocycles. The molecule has 0 aliphatic rings. The molecule has 0 bridgehead atoms. The second kappa shape index (κ2) is 2.65. The van der Waals surface area contributed by atoms with Gasteiger partial charge < -0.3 is 5.21 Å². The fraction of sp³-hybridized carbons (Fsp3) is 0. The molecule has 0 spiro atoms. The van der Waals surface area contributed by atoms with Crippen molar-refractivity contribution >= 4 is 0 Å². The van der Waals surface area contributed by atoms with Gasteiger partial charge in [0.15, 0.2) is 0 Å². The van der Waals surface area contributed by atoms with Crippen molar-refractivity contribution in [3.8, 4) is 0 Å². The van der Waals surface area contributed by atoms with Crippen LogP contribution in [0.3, 0.4) is 0 Å². The molecule has 74 valence electrons. The van der Waals surface area contributed by atoms with E-state index >= 15 is 0 Å². The molecule has 0 radical (unpaired) electrons. The van der Waals surface area contributed by atoms with Gasteiger partial charge in [0, 0.05) is 0 Å². The molecule has 0 aromatic carbocycles. The van der Waals surface area contributed by atoms with Crippen LogP contribution in [-0.2, 0) is 0 Å². The standard InChI is InChI=1S/Gd.HNO3.6H2O/c;2-1(3)4;;;;;;/h;(H,2,3,4);6*1H2/q+6;;;;;;;/p-6. The summed E-state index contributed by atoms with van der Waals surface area (Å²) in [5, 5.41) is 13.6. The molecule has 7 N–H and O–H groups in total. The Kier molecular flexibility index (Phi) is 3.34. The van der Waals surface area contributed by atoms with E-state index < -0.39 is 36.3 Å². The minimum atomic E-state index is -8.21. The molecule has 11 heavy (non-hydrogen) atoms. The SMILES string of the molecule is O=[N+]([O-])O.[OH][Gd]([OH])([OH])([OH])([OH])[OH]. The average molecular weight is 322 g/mol. The molecule has 0 amide bonds. The van der Waals surface area contributed by atoms with Gasteiger partial charge in [-0.2, -0.15) is 0 Å². The molecule has 0 aromatic rings. The minimum absolute atomic E-state index is 1.50. The predicted molar refractivity (Wildman–Crippen MR) is 22.1 cm³/mol. The summed E-state index contributed by atoms with van der Waals surface area (Å²) in [5.41, 5.74) is 0. The average Bonchev–Trinajstić information content (AvgIpc) is 1.11. The van der Waals surface area contributed by atoms with E-state index in [1.807, 2.05) is 0 Å². The van der Waals surface area contributed by atoms with Gasteiger partial charge in [-0.3, -0.25) is 0 Å². The van der Waals surface area contributed by atoms with Crippen molar-refractivity contribution in [3.05, 3.63) is 10.1 Å². The molecule has 0 fully saturated rings. The van der Waals surface area contributed by atoms with E-state index in [0.29, 0.717) is 0 Å². The van der Waals surface area contributed by atoms with Gasteiger partial charge in [0.25, 0.3) is 5.09 Å². The van der Waals surface area contributed by atoms with Crippen molar-refractivity contribution in [3.63, 3.8) is 0 Å². The zero-order valence-electron chi connectivity index (χ0n) is 4.75. The zero-order chi connectivity index (χ0) is 9.99. The van der Waals surface area contributed by atoms with Crippen LogP contribution in [-0.4, -0.2) is 19.6 Å². The van der Waals surface area contributed by atoms with Crippen molar-refractivity contribution in [1.29, 1.82) is 0 Å². The zero-order valence-corrected chi connectivity index (χ0v) is 7.02. The summed E-state index contributed by atoms with van der Waals surface area (Å²) >= 11 is -8.21. The van der Waals surface area contributed by atoms with E-state index in [0.717, 1.165) is 0 Å². The van der Waals surface area contributed by atoms with E-state index in [1.165, 1.54) is 0 Å². The Balaban J connectivity index is 0. The first kappa shape index (κ1) is 13.8. The summed E-state index contributed by atoms with van der Waals surface area (Å²) < 4.78 is 44.5. The third kappa shape index (κ3) is 8710. The van der Waals surface area contributed by atoms with Crippen LogP contribution in [0, 0.1) is 41.4 Å². The van der Waals surface area contributed by atoms with Crippen LogP contribution in [0.25, 0.3) is 0 Å². The van der Waals surface area contributed by atoms with Crippen LogP contribution in [0.15, 0.2) is 0 Å². The Bertz CT molecular complexity index is 127. The van der Waals surface area contributed by atoms with Crippen molar-refractivity contribution in [1.82, 2.24) is 0 Å². The van der Waals surface area contributed by atoms with Gasteiger partial charge in [-0.15, -0.1) is 10.1 Å². The fourth-order valence-electron chi connectivity index (χ4n) is 0. The second-order valence-corrected chi connectivity index (χ2v) is 8.10. The van der Waals surface area contributed by atoms with Crippen molar-refractivity contribution in [2.75, 3.05) is 0 Å². The first-order chi connectivity index (χ1) is 4.18. The number of nitrogens with zero attached hydrogens (tertiary/aromatic N) is 1. The van der Waals surface area contributed by atoms with Crippen LogP contribution in [0.5, 0.6) is 0 Å². The molecule has 11 heteroatoms. The number of rotatable bonds is 0. The molecule has 0 unspecified atom stereocenters. The van der Waals surface area contributed by atoms with Gasteiger partial charge in [0.05, 0.1) is 0 Å². The van der Waals surface area contributed by atoms with Crippen molar-refractivity contribution in [2.24, 2.45) is 0 Å². The fourth-order valence-corrected chi connectivity index (χ4v) is 0. The normalized spacial score (nSPS) is 16.9.